The number of nitrogens with zero attached hydrogens (tertiary/aromatic N) is 1. The average molecular weight is 359 g/mol. The van der Waals surface area contributed by atoms with Crippen LogP contribution in [0.2, 0.25) is 5.02 Å². The molecule has 0 aromatic heterocycles. The number of hydrogen-bond donors (Lipinski definition) is 1. The van der Waals surface area contributed by atoms with Crippen molar-refractivity contribution in [1.82, 2.24) is 10.2 Å². The van der Waals surface area contributed by atoms with E-state index in [1.54, 1.807) is 19.2 Å². The normalized spacial score (nSPS) is 15.8. The number of ether oxygens (including phenoxy) is 1. The summed E-state index contributed by atoms with van der Waals surface area (Å²) in [5, 5.41) is 3.79. The molecule has 4 nitrogen and oxygen atoms in total. The Morgan fingerprint density at radius 3 is 2.68 bits per heavy atom. The molecule has 2 aromatic rings. The molecule has 1 aliphatic rings. The van der Waals surface area contributed by atoms with Gasteiger partial charge >= 0.3 is 0 Å². The van der Waals surface area contributed by atoms with E-state index in [2.05, 4.69) is 16.3 Å². The summed E-state index contributed by atoms with van der Waals surface area (Å²) in [5.41, 5.74) is 1.74. The molecule has 1 atom stereocenters. The Balaban J connectivity index is 1.72. The van der Waals surface area contributed by atoms with Crippen LogP contribution in [0.4, 0.5) is 0 Å². The molecule has 1 amide bonds. The second-order valence-electron chi connectivity index (χ2n) is 6.26. The predicted octanol–water partition coefficient (Wildman–Crippen LogP) is 3.92. The molecule has 25 heavy (non-hydrogen) atoms. The highest BCUT2D eigenvalue weighted by Gasteiger charge is 2.24. The molecule has 2 aromatic carbocycles. The fourth-order valence-electron chi connectivity index (χ4n) is 3.28. The fraction of sp³-hybridized carbons (Fsp3) is 0.350. The maximum absolute atomic E-state index is 12.5. The standard InChI is InChI=1S/C20H23ClN2O2/c1-25-18-9-5-7-16(13-18)20(24)22-14-19(23-10-2-3-11-23)15-6-4-8-17(21)12-15/h4-9,12-13,19H,2-3,10-11,14H2,1H3,(H,22,24). The molecular formula is C20H23ClN2O2. The van der Waals surface area contributed by atoms with Gasteiger partial charge in [-0.05, 0) is 61.8 Å². The molecule has 132 valence electrons. The van der Waals surface area contributed by atoms with Gasteiger partial charge in [-0.25, -0.2) is 0 Å². The highest BCUT2D eigenvalue weighted by Crippen LogP contribution is 2.26. The molecule has 0 spiro atoms. The van der Waals surface area contributed by atoms with Gasteiger partial charge in [0.1, 0.15) is 5.75 Å². The van der Waals surface area contributed by atoms with E-state index in [4.69, 9.17) is 16.3 Å². The second-order valence-corrected chi connectivity index (χ2v) is 6.69. The lowest BCUT2D eigenvalue weighted by molar-refractivity contribution is 0.0937. The van der Waals surface area contributed by atoms with Crippen LogP contribution < -0.4 is 10.1 Å². The SMILES string of the molecule is COc1cccc(C(=O)NCC(c2cccc(Cl)c2)N2CCCC2)c1. The molecular weight excluding hydrogens is 336 g/mol. The van der Waals surface area contributed by atoms with Gasteiger partial charge in [-0.2, -0.15) is 0 Å². The van der Waals surface area contributed by atoms with Crippen molar-refractivity contribution in [2.75, 3.05) is 26.7 Å². The van der Waals surface area contributed by atoms with Gasteiger partial charge in [-0.1, -0.05) is 29.8 Å². The molecule has 3 rings (SSSR count). The lowest BCUT2D eigenvalue weighted by atomic mass is 10.1. The van der Waals surface area contributed by atoms with Crippen LogP contribution >= 0.6 is 11.6 Å². The molecule has 1 unspecified atom stereocenters. The van der Waals surface area contributed by atoms with Gasteiger partial charge in [-0.15, -0.1) is 0 Å². The number of methoxy groups -OCH3 is 1. The number of amides is 1. The van der Waals surface area contributed by atoms with Crippen molar-refractivity contribution >= 4 is 17.5 Å². The molecule has 1 heterocycles. The van der Waals surface area contributed by atoms with Crippen LogP contribution in [0.25, 0.3) is 0 Å². The first-order valence-electron chi connectivity index (χ1n) is 8.59. The van der Waals surface area contributed by atoms with E-state index in [1.807, 2.05) is 30.3 Å². The van der Waals surface area contributed by atoms with Gasteiger partial charge in [0.05, 0.1) is 13.2 Å². The van der Waals surface area contributed by atoms with Crippen molar-refractivity contribution in [2.24, 2.45) is 0 Å². The summed E-state index contributed by atoms with van der Waals surface area (Å²) >= 11 is 6.17. The Morgan fingerprint density at radius 1 is 1.20 bits per heavy atom. The minimum atomic E-state index is -0.0925. The van der Waals surface area contributed by atoms with Crippen molar-refractivity contribution in [2.45, 2.75) is 18.9 Å². The van der Waals surface area contributed by atoms with Crippen molar-refractivity contribution in [3.05, 3.63) is 64.7 Å². The summed E-state index contributed by atoms with van der Waals surface area (Å²) in [4.78, 5) is 14.9. The van der Waals surface area contributed by atoms with E-state index in [0.29, 0.717) is 17.9 Å². The van der Waals surface area contributed by atoms with Crippen molar-refractivity contribution < 1.29 is 9.53 Å². The summed E-state index contributed by atoms with van der Waals surface area (Å²) in [7, 11) is 1.60. The third-order valence-electron chi connectivity index (χ3n) is 4.60. The first-order valence-corrected chi connectivity index (χ1v) is 8.97. The number of rotatable bonds is 6. The third kappa shape index (κ3) is 4.53. The van der Waals surface area contributed by atoms with E-state index in [0.717, 1.165) is 23.7 Å². The zero-order valence-corrected chi connectivity index (χ0v) is 15.1. The Hall–Kier alpha value is -2.04. The minimum Gasteiger partial charge on any atom is -0.497 e. The number of hydrogen-bond acceptors (Lipinski definition) is 3. The fourth-order valence-corrected chi connectivity index (χ4v) is 3.48. The van der Waals surface area contributed by atoms with Crippen LogP contribution in [0.15, 0.2) is 48.5 Å². The lowest BCUT2D eigenvalue weighted by Crippen LogP contribution is -2.36. The molecule has 1 aliphatic heterocycles. The number of nitrogens with one attached hydrogen (secondary N) is 1. The van der Waals surface area contributed by atoms with Crippen LogP contribution in [-0.4, -0.2) is 37.6 Å². The van der Waals surface area contributed by atoms with E-state index in [1.165, 1.54) is 12.8 Å². The van der Waals surface area contributed by atoms with E-state index in [9.17, 15) is 4.79 Å². The highest BCUT2D eigenvalue weighted by atomic mass is 35.5. The zero-order chi connectivity index (χ0) is 17.6. The van der Waals surface area contributed by atoms with Crippen molar-refractivity contribution in [1.29, 1.82) is 0 Å². The zero-order valence-electron chi connectivity index (χ0n) is 14.4. The summed E-state index contributed by atoms with van der Waals surface area (Å²) in [6.07, 6.45) is 2.39. The van der Waals surface area contributed by atoms with Gasteiger partial charge in [0.2, 0.25) is 0 Å². The second kappa shape index (κ2) is 8.37. The third-order valence-corrected chi connectivity index (χ3v) is 4.84. The highest BCUT2D eigenvalue weighted by molar-refractivity contribution is 6.30. The van der Waals surface area contributed by atoms with Crippen LogP contribution in [-0.2, 0) is 0 Å². The van der Waals surface area contributed by atoms with Crippen LogP contribution in [0.3, 0.4) is 0 Å². The van der Waals surface area contributed by atoms with Crippen LogP contribution in [0.1, 0.15) is 34.8 Å². The summed E-state index contributed by atoms with van der Waals surface area (Å²) in [6, 6.07) is 15.2. The maximum atomic E-state index is 12.5. The number of halogens is 1. The largest absolute Gasteiger partial charge is 0.497 e. The first kappa shape index (κ1) is 17.8. The number of carbonyl (C=O) groups excluding carboxylic acids is 1. The predicted molar refractivity (Wildman–Crippen MR) is 100 cm³/mol. The van der Waals surface area contributed by atoms with Crippen molar-refractivity contribution in [3.8, 4) is 5.75 Å². The maximum Gasteiger partial charge on any atom is 0.251 e. The van der Waals surface area contributed by atoms with E-state index in [-0.39, 0.29) is 11.9 Å². The number of likely N-dealkylation sites (tertiary alicyclic amines) is 1. The Morgan fingerprint density at radius 2 is 1.96 bits per heavy atom. The molecule has 0 saturated carbocycles. The molecule has 5 heteroatoms. The number of benzene rings is 2. The van der Waals surface area contributed by atoms with Gasteiger partial charge in [0.25, 0.3) is 5.91 Å². The summed E-state index contributed by atoms with van der Waals surface area (Å²) < 4.78 is 5.19. The van der Waals surface area contributed by atoms with E-state index < -0.39 is 0 Å². The minimum absolute atomic E-state index is 0.0925. The quantitative estimate of drug-likeness (QED) is 0.851. The smallest absolute Gasteiger partial charge is 0.251 e. The lowest BCUT2D eigenvalue weighted by Gasteiger charge is -2.28. The van der Waals surface area contributed by atoms with Gasteiger partial charge < -0.3 is 10.1 Å². The van der Waals surface area contributed by atoms with Gasteiger partial charge in [-0.3, -0.25) is 9.69 Å². The monoisotopic (exact) mass is 358 g/mol. The number of carbonyl (C=O) groups is 1. The molecule has 1 N–H and O–H groups in total. The topological polar surface area (TPSA) is 41.6 Å². The molecule has 1 fully saturated rings. The van der Waals surface area contributed by atoms with Crippen LogP contribution in [0, 0.1) is 0 Å². The Kier molecular flexibility index (Phi) is 5.95. The molecule has 1 saturated heterocycles. The summed E-state index contributed by atoms with van der Waals surface area (Å²) in [5.74, 6) is 0.587. The Bertz CT molecular complexity index is 729. The van der Waals surface area contributed by atoms with Gasteiger partial charge in [0, 0.05) is 17.1 Å². The average Bonchev–Trinajstić information content (AvgIpc) is 3.16. The summed E-state index contributed by atoms with van der Waals surface area (Å²) in [6.45, 7) is 2.65. The molecule has 0 bridgehead atoms. The van der Waals surface area contributed by atoms with Crippen LogP contribution in [0.5, 0.6) is 5.75 Å². The first-order chi connectivity index (χ1) is 12.2. The van der Waals surface area contributed by atoms with Crippen molar-refractivity contribution in [3.63, 3.8) is 0 Å². The van der Waals surface area contributed by atoms with Gasteiger partial charge in [0.15, 0.2) is 0 Å². The molecule has 0 radical (unpaired) electrons. The van der Waals surface area contributed by atoms with E-state index >= 15 is 0 Å². The Labute approximate surface area is 153 Å². The molecule has 0 aliphatic carbocycles.